The molecule has 1 N–H and O–H groups in total. The number of hydrogen-bond donors (Lipinski definition) is 1. The number of ether oxygens (including phenoxy) is 1. The number of rotatable bonds is 9. The molecular weight excluding hydrogens is 544 g/mol. The summed E-state index contributed by atoms with van der Waals surface area (Å²) in [5, 5.41) is 3.30. The second kappa shape index (κ2) is 12.2. The van der Waals surface area contributed by atoms with Crippen molar-refractivity contribution < 1.29 is 22.7 Å². The summed E-state index contributed by atoms with van der Waals surface area (Å²) in [4.78, 5) is 27.5. The van der Waals surface area contributed by atoms with Crippen LogP contribution in [-0.4, -0.2) is 33.1 Å². The van der Waals surface area contributed by atoms with Gasteiger partial charge in [-0.05, 0) is 66.7 Å². The molecule has 194 valence electrons. The van der Waals surface area contributed by atoms with E-state index in [9.17, 15) is 18.0 Å². The van der Waals surface area contributed by atoms with E-state index >= 15 is 0 Å². The van der Waals surface area contributed by atoms with Gasteiger partial charge in [0.15, 0.2) is 0 Å². The number of sulfonamides is 1. The lowest BCUT2D eigenvalue weighted by Gasteiger charge is -2.22. The Morgan fingerprint density at radius 1 is 0.895 bits per heavy atom. The molecule has 4 aromatic carbocycles. The zero-order valence-electron chi connectivity index (χ0n) is 20.2. The van der Waals surface area contributed by atoms with Gasteiger partial charge in [-0.15, -0.1) is 0 Å². The molecule has 0 atom stereocenters. The minimum atomic E-state index is -3.87. The van der Waals surface area contributed by atoms with Crippen LogP contribution in [0, 0.1) is 0 Å². The third-order valence-electron chi connectivity index (χ3n) is 5.21. The number of esters is 1. The molecule has 0 bridgehead atoms. The van der Waals surface area contributed by atoms with Gasteiger partial charge in [-0.1, -0.05) is 59.8 Å². The third-order valence-corrected chi connectivity index (χ3v) is 7.69. The first-order valence-electron chi connectivity index (χ1n) is 11.4. The maximum atomic E-state index is 13.0. The minimum Gasteiger partial charge on any atom is -0.423 e. The minimum absolute atomic E-state index is 0.121. The standard InChI is InChI=1S/C28H23ClN2O5S2/c1-38(34,35)31(22-9-7-8-20(18-22)28(33)36-23-16-14-21(29)15-17-23)19-27(32)30-25-12-5-6-13-26(25)37-24-10-3-2-4-11-24/h2-18H,19H2,1H3,(H,30,32). The number of nitrogens with one attached hydrogen (secondary N) is 1. The predicted octanol–water partition coefficient (Wildman–Crippen LogP) is 6.12. The quantitative estimate of drug-likeness (QED) is 0.194. The monoisotopic (exact) mass is 566 g/mol. The Morgan fingerprint density at radius 2 is 1.58 bits per heavy atom. The van der Waals surface area contributed by atoms with Crippen LogP contribution in [-0.2, 0) is 14.8 Å². The second-order valence-corrected chi connectivity index (χ2v) is 11.6. The van der Waals surface area contributed by atoms with Gasteiger partial charge in [-0.2, -0.15) is 0 Å². The van der Waals surface area contributed by atoms with Gasteiger partial charge in [0.05, 0.1) is 23.2 Å². The fraction of sp³-hybridized carbons (Fsp3) is 0.0714. The smallest absolute Gasteiger partial charge is 0.343 e. The molecule has 38 heavy (non-hydrogen) atoms. The van der Waals surface area contributed by atoms with Gasteiger partial charge in [-0.3, -0.25) is 9.10 Å². The van der Waals surface area contributed by atoms with Crippen LogP contribution < -0.4 is 14.4 Å². The van der Waals surface area contributed by atoms with Gasteiger partial charge in [0.2, 0.25) is 15.9 Å². The topological polar surface area (TPSA) is 92.8 Å². The lowest BCUT2D eigenvalue weighted by atomic mass is 10.2. The van der Waals surface area contributed by atoms with Gasteiger partial charge >= 0.3 is 5.97 Å². The second-order valence-electron chi connectivity index (χ2n) is 8.12. The van der Waals surface area contributed by atoms with Crippen molar-refractivity contribution in [1.82, 2.24) is 0 Å². The van der Waals surface area contributed by atoms with Crippen molar-refractivity contribution in [2.45, 2.75) is 9.79 Å². The van der Waals surface area contributed by atoms with Crippen LogP contribution in [0.25, 0.3) is 0 Å². The predicted molar refractivity (Wildman–Crippen MR) is 151 cm³/mol. The van der Waals surface area contributed by atoms with Gasteiger partial charge < -0.3 is 10.1 Å². The van der Waals surface area contributed by atoms with Crippen molar-refractivity contribution in [3.8, 4) is 5.75 Å². The Balaban J connectivity index is 1.51. The molecule has 7 nitrogen and oxygen atoms in total. The number of halogens is 1. The normalized spacial score (nSPS) is 11.0. The number of hydrogen-bond acceptors (Lipinski definition) is 6. The number of para-hydroxylation sites is 1. The Kier molecular flexibility index (Phi) is 8.73. The Labute approximate surface area is 230 Å². The van der Waals surface area contributed by atoms with E-state index in [4.69, 9.17) is 16.3 Å². The highest BCUT2D eigenvalue weighted by Gasteiger charge is 2.23. The first-order valence-corrected chi connectivity index (χ1v) is 14.4. The number of benzene rings is 4. The molecule has 0 aromatic heterocycles. The van der Waals surface area contributed by atoms with E-state index in [0.29, 0.717) is 10.7 Å². The first-order chi connectivity index (χ1) is 18.2. The number of nitrogens with zero attached hydrogens (tertiary/aromatic N) is 1. The number of carbonyl (C=O) groups is 2. The van der Waals surface area contributed by atoms with Crippen LogP contribution in [0.3, 0.4) is 0 Å². The molecule has 1 amide bonds. The Hall–Kier alpha value is -3.79. The summed E-state index contributed by atoms with van der Waals surface area (Å²) in [5.74, 6) is -0.930. The summed E-state index contributed by atoms with van der Waals surface area (Å²) in [6.45, 7) is -0.487. The molecule has 4 rings (SSSR count). The van der Waals surface area contributed by atoms with Crippen LogP contribution in [0.4, 0.5) is 11.4 Å². The van der Waals surface area contributed by atoms with Crippen molar-refractivity contribution in [2.24, 2.45) is 0 Å². The molecular formula is C28H23ClN2O5S2. The van der Waals surface area contributed by atoms with E-state index in [2.05, 4.69) is 5.32 Å². The molecule has 0 saturated carbocycles. The lowest BCUT2D eigenvalue weighted by molar-refractivity contribution is -0.114. The SMILES string of the molecule is CS(=O)(=O)N(CC(=O)Nc1ccccc1Sc1ccccc1)c1cccc(C(=O)Oc2ccc(Cl)cc2)c1. The summed E-state index contributed by atoms with van der Waals surface area (Å²) in [7, 11) is -3.87. The third kappa shape index (κ3) is 7.38. The van der Waals surface area contributed by atoms with Gasteiger partial charge in [0, 0.05) is 14.8 Å². The Bertz CT molecular complexity index is 1550. The highest BCUT2D eigenvalue weighted by Crippen LogP contribution is 2.33. The van der Waals surface area contributed by atoms with Crippen molar-refractivity contribution in [1.29, 1.82) is 0 Å². The van der Waals surface area contributed by atoms with Gasteiger partial charge in [0.25, 0.3) is 0 Å². The van der Waals surface area contributed by atoms with Gasteiger partial charge in [0.1, 0.15) is 12.3 Å². The molecule has 4 aromatic rings. The molecule has 0 aliphatic heterocycles. The van der Waals surface area contributed by atoms with E-state index < -0.39 is 28.4 Å². The molecule has 0 saturated heterocycles. The molecule has 0 unspecified atom stereocenters. The van der Waals surface area contributed by atoms with E-state index in [1.54, 1.807) is 36.4 Å². The molecule has 0 fully saturated rings. The van der Waals surface area contributed by atoms with E-state index in [1.165, 1.54) is 36.0 Å². The summed E-state index contributed by atoms with van der Waals surface area (Å²) in [5.41, 5.74) is 0.830. The average Bonchev–Trinajstić information content (AvgIpc) is 2.90. The summed E-state index contributed by atoms with van der Waals surface area (Å²) >= 11 is 7.34. The number of amides is 1. The molecule has 0 radical (unpaired) electrons. The van der Waals surface area contributed by atoms with E-state index in [0.717, 1.165) is 20.4 Å². The molecule has 0 spiro atoms. The first kappa shape index (κ1) is 27.3. The van der Waals surface area contributed by atoms with E-state index in [-0.39, 0.29) is 17.0 Å². The zero-order valence-corrected chi connectivity index (χ0v) is 22.6. The summed E-state index contributed by atoms with van der Waals surface area (Å²) < 4.78 is 31.6. The maximum Gasteiger partial charge on any atom is 0.343 e. The maximum absolute atomic E-state index is 13.0. The van der Waals surface area contributed by atoms with Crippen molar-refractivity contribution >= 4 is 56.6 Å². The van der Waals surface area contributed by atoms with E-state index in [1.807, 2.05) is 42.5 Å². The highest BCUT2D eigenvalue weighted by molar-refractivity contribution is 7.99. The summed E-state index contributed by atoms with van der Waals surface area (Å²) in [6, 6.07) is 29.1. The molecule has 10 heteroatoms. The molecule has 0 aliphatic rings. The zero-order chi connectivity index (χ0) is 27.1. The number of carbonyl (C=O) groups excluding carboxylic acids is 2. The van der Waals surface area contributed by atoms with Crippen LogP contribution in [0.2, 0.25) is 5.02 Å². The largest absolute Gasteiger partial charge is 0.423 e. The molecule has 0 aliphatic carbocycles. The fourth-order valence-electron chi connectivity index (χ4n) is 3.45. The van der Waals surface area contributed by atoms with Crippen molar-refractivity contribution in [3.05, 3.63) is 114 Å². The number of anilines is 2. The van der Waals surface area contributed by atoms with Crippen LogP contribution in [0.15, 0.2) is 113 Å². The summed E-state index contributed by atoms with van der Waals surface area (Å²) in [6.07, 6.45) is 0.998. The van der Waals surface area contributed by atoms with Crippen molar-refractivity contribution in [2.75, 3.05) is 22.4 Å². The van der Waals surface area contributed by atoms with Crippen LogP contribution in [0.5, 0.6) is 5.75 Å². The van der Waals surface area contributed by atoms with Crippen LogP contribution in [0.1, 0.15) is 10.4 Å². The highest BCUT2D eigenvalue weighted by atomic mass is 35.5. The fourth-order valence-corrected chi connectivity index (χ4v) is 5.35. The average molecular weight is 567 g/mol. The Morgan fingerprint density at radius 3 is 2.29 bits per heavy atom. The van der Waals surface area contributed by atoms with Crippen molar-refractivity contribution in [3.63, 3.8) is 0 Å². The lowest BCUT2D eigenvalue weighted by Crippen LogP contribution is -2.37. The van der Waals surface area contributed by atoms with Gasteiger partial charge in [-0.25, -0.2) is 13.2 Å². The van der Waals surface area contributed by atoms with Crippen LogP contribution >= 0.6 is 23.4 Å². The molecule has 0 heterocycles.